The second-order valence-electron chi connectivity index (χ2n) is 10.1. The van der Waals surface area contributed by atoms with Crippen LogP contribution in [0.5, 0.6) is 5.75 Å². The Labute approximate surface area is 234 Å². The number of amides is 3. The van der Waals surface area contributed by atoms with Crippen LogP contribution >= 0.6 is 11.6 Å². The molecule has 0 atom stereocenters. The van der Waals surface area contributed by atoms with Gasteiger partial charge >= 0.3 is 0 Å². The van der Waals surface area contributed by atoms with Gasteiger partial charge in [0.15, 0.2) is 0 Å². The van der Waals surface area contributed by atoms with Crippen molar-refractivity contribution < 1.29 is 23.9 Å². The van der Waals surface area contributed by atoms with E-state index in [0.29, 0.717) is 23.7 Å². The van der Waals surface area contributed by atoms with Gasteiger partial charge in [-0.25, -0.2) is 0 Å². The number of carbonyl (C=O) groups excluding carboxylic acids is 3. The van der Waals surface area contributed by atoms with E-state index in [1.165, 1.54) is 0 Å². The van der Waals surface area contributed by atoms with Gasteiger partial charge in [0.05, 0.1) is 22.8 Å². The molecule has 0 aliphatic rings. The second kappa shape index (κ2) is 13.3. The average molecular weight is 550 g/mol. The minimum atomic E-state index is -0.532. The van der Waals surface area contributed by atoms with Gasteiger partial charge in [0.2, 0.25) is 5.91 Å². The van der Waals surface area contributed by atoms with Crippen molar-refractivity contribution in [3.8, 4) is 5.75 Å². The summed E-state index contributed by atoms with van der Waals surface area (Å²) in [4.78, 5) is 38.5. The van der Waals surface area contributed by atoms with E-state index in [-0.39, 0.29) is 35.2 Å². The van der Waals surface area contributed by atoms with E-state index in [2.05, 4.69) is 16.0 Å². The summed E-state index contributed by atoms with van der Waals surface area (Å²) < 4.78 is 10.8. The van der Waals surface area contributed by atoms with Gasteiger partial charge < -0.3 is 25.4 Å². The first-order chi connectivity index (χ1) is 18.5. The zero-order valence-corrected chi connectivity index (χ0v) is 23.6. The van der Waals surface area contributed by atoms with Gasteiger partial charge in [-0.15, -0.1) is 0 Å². The van der Waals surface area contributed by atoms with Crippen molar-refractivity contribution in [2.45, 2.75) is 27.3 Å². The van der Waals surface area contributed by atoms with E-state index < -0.39 is 17.2 Å². The fraction of sp³-hybridized carbons (Fsp3) is 0.276. The molecule has 0 fully saturated rings. The first kappa shape index (κ1) is 29.7. The lowest BCUT2D eigenvalue weighted by Crippen LogP contribution is -2.34. The first-order valence-corrected chi connectivity index (χ1v) is 12.9. The minimum absolute atomic E-state index is 0.104. The predicted octanol–water partition coefficient (Wildman–Crippen LogP) is 3.79. The third kappa shape index (κ3) is 8.60. The van der Waals surface area contributed by atoms with E-state index in [0.717, 1.165) is 11.0 Å². The standard InChI is InChI=1S/C29H33BClN3O5/c1-29(2,3)28(37)32-17-18-5-11-24(31)22(15-18)26(35)34-21-10-12-25(39-14-13-38-4)23(16-21)27(36)33-20-8-6-19(30)7-9-20/h5-12,15-16H,13-14,17,30H2,1-4H3,(H,32,37)(H,33,36)(H,34,35). The number of ether oxygens (including phenoxy) is 2. The molecular weight excluding hydrogens is 517 g/mol. The number of hydrogen-bond acceptors (Lipinski definition) is 5. The number of nitrogens with one attached hydrogen (secondary N) is 3. The largest absolute Gasteiger partial charge is 0.490 e. The summed E-state index contributed by atoms with van der Waals surface area (Å²) in [7, 11) is 3.52. The molecule has 3 aromatic carbocycles. The molecule has 10 heteroatoms. The van der Waals surface area contributed by atoms with Gasteiger partial charge in [-0.05, 0) is 48.0 Å². The van der Waals surface area contributed by atoms with Gasteiger partial charge in [-0.3, -0.25) is 14.4 Å². The van der Waals surface area contributed by atoms with E-state index in [9.17, 15) is 14.4 Å². The molecule has 0 aliphatic carbocycles. The topological polar surface area (TPSA) is 106 Å². The molecule has 3 N–H and O–H groups in total. The van der Waals surface area contributed by atoms with Crippen molar-refractivity contribution in [1.29, 1.82) is 0 Å². The SMILES string of the molecule is Bc1ccc(NC(=O)c2cc(NC(=O)c3cc(CNC(=O)C(C)(C)C)ccc3Cl)ccc2OCCOC)cc1. The molecule has 3 rings (SSSR count). The Hall–Kier alpha value is -3.82. The third-order valence-electron chi connectivity index (χ3n) is 5.75. The van der Waals surface area contributed by atoms with Gasteiger partial charge in [0, 0.05) is 30.4 Å². The van der Waals surface area contributed by atoms with Crippen LogP contribution in [0.3, 0.4) is 0 Å². The molecule has 0 radical (unpaired) electrons. The van der Waals surface area contributed by atoms with Crippen molar-refractivity contribution in [3.63, 3.8) is 0 Å². The smallest absolute Gasteiger partial charge is 0.259 e. The quantitative estimate of drug-likeness (QED) is 0.264. The average Bonchev–Trinajstić information content (AvgIpc) is 2.89. The molecule has 0 heterocycles. The minimum Gasteiger partial charge on any atom is -0.490 e. The summed E-state index contributed by atoms with van der Waals surface area (Å²) in [5.74, 6) is -0.601. The Morgan fingerprint density at radius 1 is 0.846 bits per heavy atom. The summed E-state index contributed by atoms with van der Waals surface area (Å²) in [6.45, 7) is 6.33. The molecule has 3 aromatic rings. The second-order valence-corrected chi connectivity index (χ2v) is 10.5. The summed E-state index contributed by atoms with van der Waals surface area (Å²) in [6, 6.07) is 17.2. The number of carbonyl (C=O) groups is 3. The first-order valence-electron chi connectivity index (χ1n) is 12.5. The normalized spacial score (nSPS) is 11.0. The van der Waals surface area contributed by atoms with Crippen LogP contribution in [0.4, 0.5) is 11.4 Å². The summed E-state index contributed by atoms with van der Waals surface area (Å²) in [5, 5.41) is 8.79. The Morgan fingerprint density at radius 3 is 2.15 bits per heavy atom. The highest BCUT2D eigenvalue weighted by Gasteiger charge is 2.21. The van der Waals surface area contributed by atoms with Crippen LogP contribution in [0.15, 0.2) is 60.7 Å². The van der Waals surface area contributed by atoms with E-state index >= 15 is 0 Å². The lowest BCUT2D eigenvalue weighted by Gasteiger charge is -2.18. The zero-order valence-electron chi connectivity index (χ0n) is 22.8. The number of rotatable bonds is 10. The Morgan fingerprint density at radius 2 is 1.49 bits per heavy atom. The van der Waals surface area contributed by atoms with Gasteiger partial charge in [0.25, 0.3) is 11.8 Å². The van der Waals surface area contributed by atoms with Crippen LogP contribution in [0.25, 0.3) is 0 Å². The van der Waals surface area contributed by atoms with Crippen LogP contribution < -0.4 is 26.2 Å². The maximum Gasteiger partial charge on any atom is 0.259 e. The monoisotopic (exact) mass is 549 g/mol. The van der Waals surface area contributed by atoms with Crippen molar-refractivity contribution in [2.75, 3.05) is 31.0 Å². The highest BCUT2D eigenvalue weighted by Crippen LogP contribution is 2.26. The van der Waals surface area contributed by atoms with Gasteiger partial charge in [-0.1, -0.05) is 56.0 Å². The molecule has 39 heavy (non-hydrogen) atoms. The fourth-order valence-corrected chi connectivity index (χ4v) is 3.69. The molecule has 0 spiro atoms. The van der Waals surface area contributed by atoms with Crippen molar-refractivity contribution in [1.82, 2.24) is 5.32 Å². The number of halogens is 1. The van der Waals surface area contributed by atoms with Crippen LogP contribution in [-0.2, 0) is 16.1 Å². The molecule has 0 saturated heterocycles. The predicted molar refractivity (Wildman–Crippen MR) is 157 cm³/mol. The molecule has 0 unspecified atom stereocenters. The van der Waals surface area contributed by atoms with Gasteiger partial charge in [0.1, 0.15) is 20.2 Å². The number of methoxy groups -OCH3 is 1. The van der Waals surface area contributed by atoms with E-state index in [1.54, 1.807) is 43.5 Å². The lowest BCUT2D eigenvalue weighted by molar-refractivity contribution is -0.128. The lowest BCUT2D eigenvalue weighted by atomic mass is 9.95. The Balaban J connectivity index is 1.81. The maximum atomic E-state index is 13.2. The molecule has 0 bridgehead atoms. The highest BCUT2D eigenvalue weighted by molar-refractivity contribution is 6.34. The fourth-order valence-electron chi connectivity index (χ4n) is 3.48. The summed E-state index contributed by atoms with van der Waals surface area (Å²) >= 11 is 6.33. The Bertz CT molecular complexity index is 1340. The molecule has 204 valence electrons. The molecular formula is C29H33BClN3O5. The van der Waals surface area contributed by atoms with Crippen LogP contribution in [0.2, 0.25) is 5.02 Å². The zero-order chi connectivity index (χ0) is 28.6. The summed E-state index contributed by atoms with van der Waals surface area (Å²) in [5.41, 5.74) is 2.76. The van der Waals surface area contributed by atoms with Crippen molar-refractivity contribution >= 4 is 54.0 Å². The van der Waals surface area contributed by atoms with E-state index in [1.807, 2.05) is 52.9 Å². The molecule has 8 nitrogen and oxygen atoms in total. The van der Waals surface area contributed by atoms with Crippen LogP contribution in [-0.4, -0.2) is 45.9 Å². The number of anilines is 2. The molecule has 3 amide bonds. The Kier molecular flexibility index (Phi) is 10.1. The molecule has 0 saturated carbocycles. The number of hydrogen-bond donors (Lipinski definition) is 3. The van der Waals surface area contributed by atoms with Crippen molar-refractivity contribution in [2.24, 2.45) is 5.41 Å². The van der Waals surface area contributed by atoms with Crippen LogP contribution in [0.1, 0.15) is 47.1 Å². The maximum absolute atomic E-state index is 13.2. The van der Waals surface area contributed by atoms with Crippen molar-refractivity contribution in [3.05, 3.63) is 82.4 Å². The molecule has 0 aromatic heterocycles. The number of benzene rings is 3. The third-order valence-corrected chi connectivity index (χ3v) is 6.08. The van der Waals surface area contributed by atoms with E-state index in [4.69, 9.17) is 21.1 Å². The molecule has 0 aliphatic heterocycles. The van der Waals surface area contributed by atoms with Crippen LogP contribution in [0, 0.1) is 5.41 Å². The highest BCUT2D eigenvalue weighted by atomic mass is 35.5. The summed E-state index contributed by atoms with van der Waals surface area (Å²) in [6.07, 6.45) is 0. The van der Waals surface area contributed by atoms with Gasteiger partial charge in [-0.2, -0.15) is 0 Å².